The minimum Gasteiger partial charge on any atom is -0.487 e. The van der Waals surface area contributed by atoms with E-state index in [-0.39, 0.29) is 24.0 Å². The maximum atomic E-state index is 12.5. The molecular formula is C15H19ClN4O3. The monoisotopic (exact) mass is 338 g/mol. The van der Waals surface area contributed by atoms with Gasteiger partial charge in [-0.2, -0.15) is 0 Å². The van der Waals surface area contributed by atoms with Gasteiger partial charge in [0, 0.05) is 31.4 Å². The Labute approximate surface area is 139 Å². The van der Waals surface area contributed by atoms with E-state index in [0.717, 1.165) is 12.8 Å². The predicted molar refractivity (Wildman–Crippen MR) is 83.8 cm³/mol. The van der Waals surface area contributed by atoms with Crippen LogP contribution in [0.5, 0.6) is 5.75 Å². The van der Waals surface area contributed by atoms with Crippen LogP contribution in [0.2, 0.25) is 5.02 Å². The van der Waals surface area contributed by atoms with Crippen LogP contribution in [0.4, 0.5) is 0 Å². The Hall–Kier alpha value is -1.86. The third kappa shape index (κ3) is 3.92. The summed E-state index contributed by atoms with van der Waals surface area (Å²) in [6.45, 7) is 1.22. The van der Waals surface area contributed by atoms with E-state index in [0.29, 0.717) is 36.7 Å². The van der Waals surface area contributed by atoms with Crippen LogP contribution in [-0.4, -0.2) is 46.9 Å². The molecule has 0 aliphatic carbocycles. The van der Waals surface area contributed by atoms with E-state index < -0.39 is 0 Å². The van der Waals surface area contributed by atoms with Gasteiger partial charge in [0.15, 0.2) is 0 Å². The summed E-state index contributed by atoms with van der Waals surface area (Å²) in [4.78, 5) is 29.4. The highest BCUT2D eigenvalue weighted by Gasteiger charge is 2.32. The van der Waals surface area contributed by atoms with Gasteiger partial charge in [-0.15, -0.1) is 0 Å². The van der Waals surface area contributed by atoms with Crippen LogP contribution < -0.4 is 15.6 Å². The Balaban J connectivity index is 1.58. The zero-order chi connectivity index (χ0) is 16.2. The van der Waals surface area contributed by atoms with Crippen molar-refractivity contribution >= 4 is 23.4 Å². The number of aromatic nitrogens is 1. The van der Waals surface area contributed by atoms with E-state index in [9.17, 15) is 9.59 Å². The number of halogens is 1. The van der Waals surface area contributed by atoms with Gasteiger partial charge in [-0.3, -0.25) is 20.0 Å². The number of ether oxygens (including phenoxy) is 1. The first-order chi connectivity index (χ1) is 11.1. The first-order valence-electron chi connectivity index (χ1n) is 7.73. The van der Waals surface area contributed by atoms with Crippen LogP contribution in [0.15, 0.2) is 18.5 Å². The van der Waals surface area contributed by atoms with Gasteiger partial charge in [0.05, 0.1) is 6.54 Å². The van der Waals surface area contributed by atoms with Gasteiger partial charge in [0.2, 0.25) is 11.8 Å². The van der Waals surface area contributed by atoms with Crippen molar-refractivity contribution < 1.29 is 14.3 Å². The molecule has 2 N–H and O–H groups in total. The summed E-state index contributed by atoms with van der Waals surface area (Å²) in [6.07, 6.45) is 5.70. The fourth-order valence-corrected chi connectivity index (χ4v) is 3.02. The van der Waals surface area contributed by atoms with Gasteiger partial charge in [-0.05, 0) is 19.3 Å². The van der Waals surface area contributed by atoms with Crippen molar-refractivity contribution in [2.24, 2.45) is 0 Å². The highest BCUT2D eigenvalue weighted by Crippen LogP contribution is 2.25. The van der Waals surface area contributed by atoms with Gasteiger partial charge in [0.25, 0.3) is 0 Å². The van der Waals surface area contributed by atoms with Crippen molar-refractivity contribution in [1.29, 1.82) is 0 Å². The van der Waals surface area contributed by atoms with Gasteiger partial charge >= 0.3 is 0 Å². The number of rotatable bonds is 3. The summed E-state index contributed by atoms with van der Waals surface area (Å²) < 4.78 is 5.91. The van der Waals surface area contributed by atoms with Crippen molar-refractivity contribution in [3.63, 3.8) is 0 Å². The van der Waals surface area contributed by atoms with Crippen LogP contribution in [-0.2, 0) is 9.59 Å². The molecule has 2 amide bonds. The van der Waals surface area contributed by atoms with E-state index >= 15 is 0 Å². The molecule has 2 aliphatic rings. The number of hydrogen-bond acceptors (Lipinski definition) is 5. The Morgan fingerprint density at radius 2 is 2.30 bits per heavy atom. The molecule has 2 unspecified atom stereocenters. The minimum atomic E-state index is -0.365. The van der Waals surface area contributed by atoms with Gasteiger partial charge in [-0.25, -0.2) is 5.43 Å². The Bertz CT molecular complexity index is 588. The molecule has 8 heteroatoms. The van der Waals surface area contributed by atoms with Crippen LogP contribution in [0.25, 0.3) is 0 Å². The first kappa shape index (κ1) is 16.0. The SMILES string of the molecule is O=C1CCC(C(=O)N2CCCC(Oc3ccncc3Cl)C2)NN1. The zero-order valence-corrected chi connectivity index (χ0v) is 13.4. The molecule has 0 radical (unpaired) electrons. The van der Waals surface area contributed by atoms with Crippen LogP contribution >= 0.6 is 11.6 Å². The quantitative estimate of drug-likeness (QED) is 0.855. The molecule has 0 saturated carbocycles. The van der Waals surface area contributed by atoms with Gasteiger partial charge in [0.1, 0.15) is 22.9 Å². The highest BCUT2D eigenvalue weighted by molar-refractivity contribution is 6.31. The lowest BCUT2D eigenvalue weighted by atomic mass is 10.0. The summed E-state index contributed by atoms with van der Waals surface area (Å²) in [5.74, 6) is 0.504. The Morgan fingerprint density at radius 3 is 3.04 bits per heavy atom. The number of hydrazine groups is 1. The van der Waals surface area contributed by atoms with E-state index in [1.165, 1.54) is 6.20 Å². The lowest BCUT2D eigenvalue weighted by Gasteiger charge is -2.36. The molecule has 2 saturated heterocycles. The summed E-state index contributed by atoms with van der Waals surface area (Å²) in [7, 11) is 0. The van der Waals surface area contributed by atoms with Gasteiger partial charge in [-0.1, -0.05) is 11.6 Å². The molecule has 0 bridgehead atoms. The number of nitrogens with one attached hydrogen (secondary N) is 2. The second-order valence-corrected chi connectivity index (χ2v) is 6.16. The third-order valence-corrected chi connectivity index (χ3v) is 4.35. The number of amides is 2. The van der Waals surface area contributed by atoms with Crippen molar-refractivity contribution in [1.82, 2.24) is 20.7 Å². The van der Waals surface area contributed by atoms with Crippen molar-refractivity contribution in [2.45, 2.75) is 37.8 Å². The van der Waals surface area contributed by atoms with Crippen LogP contribution in [0, 0.1) is 0 Å². The highest BCUT2D eigenvalue weighted by atomic mass is 35.5. The normalized spacial score (nSPS) is 24.9. The standard InChI is InChI=1S/C15H19ClN4O3/c16-11-8-17-6-5-13(11)23-10-2-1-7-20(9-10)15(22)12-3-4-14(21)19-18-12/h5-6,8,10,12,18H,1-4,7,9H2,(H,19,21). The molecule has 2 atom stereocenters. The molecule has 1 aromatic rings. The smallest absolute Gasteiger partial charge is 0.241 e. The fourth-order valence-electron chi connectivity index (χ4n) is 2.86. The minimum absolute atomic E-state index is 0.000810. The number of carbonyl (C=O) groups excluding carboxylic acids is 2. The second-order valence-electron chi connectivity index (χ2n) is 5.76. The molecular weight excluding hydrogens is 320 g/mol. The first-order valence-corrected chi connectivity index (χ1v) is 8.10. The molecule has 7 nitrogen and oxygen atoms in total. The molecule has 3 heterocycles. The van der Waals surface area contributed by atoms with Crippen molar-refractivity contribution in [3.8, 4) is 5.75 Å². The average Bonchev–Trinajstić information content (AvgIpc) is 2.57. The third-order valence-electron chi connectivity index (χ3n) is 4.06. The fraction of sp³-hybridized carbons (Fsp3) is 0.533. The number of pyridine rings is 1. The molecule has 124 valence electrons. The molecule has 0 spiro atoms. The number of likely N-dealkylation sites (tertiary alicyclic amines) is 1. The lowest BCUT2D eigenvalue weighted by molar-refractivity contribution is -0.138. The maximum absolute atomic E-state index is 12.5. The van der Waals surface area contributed by atoms with E-state index in [2.05, 4.69) is 15.8 Å². The van der Waals surface area contributed by atoms with Gasteiger partial charge < -0.3 is 9.64 Å². The molecule has 2 fully saturated rings. The van der Waals surface area contributed by atoms with E-state index in [1.54, 1.807) is 17.2 Å². The van der Waals surface area contributed by atoms with Crippen LogP contribution in [0.3, 0.4) is 0 Å². The average molecular weight is 339 g/mol. The van der Waals surface area contributed by atoms with E-state index in [4.69, 9.17) is 16.3 Å². The zero-order valence-electron chi connectivity index (χ0n) is 12.6. The second kappa shape index (κ2) is 7.14. The summed E-state index contributed by atoms with van der Waals surface area (Å²) >= 11 is 6.06. The lowest BCUT2D eigenvalue weighted by Crippen LogP contribution is -2.58. The maximum Gasteiger partial charge on any atom is 0.241 e. The number of piperidine rings is 1. The number of hydrogen-bond donors (Lipinski definition) is 2. The topological polar surface area (TPSA) is 83.6 Å². The molecule has 23 heavy (non-hydrogen) atoms. The number of nitrogens with zero attached hydrogens (tertiary/aromatic N) is 2. The van der Waals surface area contributed by atoms with Crippen molar-refractivity contribution in [2.75, 3.05) is 13.1 Å². The predicted octanol–water partition coefficient (Wildman–Crippen LogP) is 0.888. The molecule has 2 aliphatic heterocycles. The summed E-state index contributed by atoms with van der Waals surface area (Å²) in [6, 6.07) is 1.36. The van der Waals surface area contributed by atoms with Crippen molar-refractivity contribution in [3.05, 3.63) is 23.5 Å². The molecule has 1 aromatic heterocycles. The summed E-state index contributed by atoms with van der Waals surface area (Å²) in [5.41, 5.74) is 5.30. The number of carbonyl (C=O) groups is 2. The Morgan fingerprint density at radius 1 is 1.43 bits per heavy atom. The summed E-state index contributed by atoms with van der Waals surface area (Å²) in [5, 5.41) is 0.465. The molecule has 0 aromatic carbocycles. The molecule has 3 rings (SSSR count). The van der Waals surface area contributed by atoms with E-state index in [1.807, 2.05) is 0 Å². The largest absolute Gasteiger partial charge is 0.487 e. The Kier molecular flexibility index (Phi) is 4.97. The van der Waals surface area contributed by atoms with Crippen LogP contribution in [0.1, 0.15) is 25.7 Å².